The number of rotatable bonds is 4. The van der Waals surface area contributed by atoms with Crippen LogP contribution < -0.4 is 14.8 Å². The molecule has 5 nitrogen and oxygen atoms in total. The molecule has 0 amide bonds. The topological polar surface area (TPSA) is 56.3 Å². The molecular formula is C20H19N3O2. The van der Waals surface area contributed by atoms with Crippen LogP contribution in [0.1, 0.15) is 11.1 Å². The summed E-state index contributed by atoms with van der Waals surface area (Å²) < 4.78 is 10.6. The Kier molecular flexibility index (Phi) is 3.98. The Balaban J connectivity index is 1.71. The minimum Gasteiger partial charge on any atom is -0.497 e. The molecule has 1 heterocycles. The van der Waals surface area contributed by atoms with Gasteiger partial charge in [-0.25, -0.2) is 9.97 Å². The highest BCUT2D eigenvalue weighted by Gasteiger charge is 2.19. The van der Waals surface area contributed by atoms with Gasteiger partial charge in [0.1, 0.15) is 11.5 Å². The maximum Gasteiger partial charge on any atom is 0.227 e. The predicted molar refractivity (Wildman–Crippen MR) is 97.7 cm³/mol. The average molecular weight is 333 g/mol. The summed E-state index contributed by atoms with van der Waals surface area (Å²) in [6.45, 7) is 0. The van der Waals surface area contributed by atoms with Gasteiger partial charge in [-0.1, -0.05) is 12.1 Å². The zero-order chi connectivity index (χ0) is 17.2. The third-order valence-electron chi connectivity index (χ3n) is 4.43. The monoisotopic (exact) mass is 333 g/mol. The van der Waals surface area contributed by atoms with Gasteiger partial charge < -0.3 is 14.8 Å². The number of benzene rings is 2. The second-order valence-corrected chi connectivity index (χ2v) is 5.95. The van der Waals surface area contributed by atoms with Crippen molar-refractivity contribution in [1.82, 2.24) is 9.97 Å². The molecule has 0 spiro atoms. The predicted octanol–water partition coefficient (Wildman–Crippen LogP) is 4.00. The van der Waals surface area contributed by atoms with Crippen LogP contribution in [0, 0.1) is 0 Å². The van der Waals surface area contributed by atoms with Crippen molar-refractivity contribution in [2.45, 2.75) is 12.8 Å². The summed E-state index contributed by atoms with van der Waals surface area (Å²) in [7, 11) is 3.33. The molecule has 3 aromatic rings. The summed E-state index contributed by atoms with van der Waals surface area (Å²) in [4.78, 5) is 9.23. The molecule has 1 aromatic heterocycles. The van der Waals surface area contributed by atoms with E-state index in [2.05, 4.69) is 22.4 Å². The summed E-state index contributed by atoms with van der Waals surface area (Å²) in [6, 6.07) is 13.9. The van der Waals surface area contributed by atoms with E-state index in [4.69, 9.17) is 14.5 Å². The number of nitrogens with zero attached hydrogens (tertiary/aromatic N) is 2. The summed E-state index contributed by atoms with van der Waals surface area (Å²) in [5.41, 5.74) is 5.44. The van der Waals surface area contributed by atoms with Crippen molar-refractivity contribution in [2.75, 3.05) is 19.5 Å². The fourth-order valence-electron chi connectivity index (χ4n) is 3.10. The lowest BCUT2D eigenvalue weighted by Gasteiger charge is -2.20. The molecule has 25 heavy (non-hydrogen) atoms. The molecule has 0 unspecified atom stereocenters. The summed E-state index contributed by atoms with van der Waals surface area (Å²) in [6.07, 6.45) is 3.86. The van der Waals surface area contributed by atoms with Gasteiger partial charge in [0.15, 0.2) is 0 Å². The number of hydrogen-bond acceptors (Lipinski definition) is 5. The first kappa shape index (κ1) is 15.4. The second-order valence-electron chi connectivity index (χ2n) is 5.95. The minimum atomic E-state index is 0.572. The van der Waals surface area contributed by atoms with Crippen LogP contribution in [-0.2, 0) is 12.8 Å². The van der Waals surface area contributed by atoms with Crippen molar-refractivity contribution in [3.63, 3.8) is 0 Å². The van der Waals surface area contributed by atoms with Crippen molar-refractivity contribution < 1.29 is 9.47 Å². The van der Waals surface area contributed by atoms with Crippen LogP contribution >= 0.6 is 0 Å². The maximum absolute atomic E-state index is 5.37. The molecule has 1 aliphatic carbocycles. The van der Waals surface area contributed by atoms with E-state index in [0.29, 0.717) is 5.95 Å². The quantitative estimate of drug-likeness (QED) is 0.782. The van der Waals surface area contributed by atoms with Gasteiger partial charge in [0.2, 0.25) is 5.95 Å². The lowest BCUT2D eigenvalue weighted by atomic mass is 9.90. The summed E-state index contributed by atoms with van der Waals surface area (Å²) in [5, 5.41) is 3.25. The van der Waals surface area contributed by atoms with Gasteiger partial charge in [-0.3, -0.25) is 0 Å². The highest BCUT2D eigenvalue weighted by atomic mass is 16.5. The molecule has 1 aliphatic rings. The number of fused-ring (bicyclic) bond motifs is 3. The first-order valence-corrected chi connectivity index (χ1v) is 8.21. The first-order valence-electron chi connectivity index (χ1n) is 8.21. The van der Waals surface area contributed by atoms with E-state index in [1.807, 2.05) is 36.5 Å². The van der Waals surface area contributed by atoms with Gasteiger partial charge in [0.05, 0.1) is 19.9 Å². The number of aryl methyl sites for hydroxylation is 2. The maximum atomic E-state index is 5.37. The van der Waals surface area contributed by atoms with E-state index in [0.717, 1.165) is 46.8 Å². The van der Waals surface area contributed by atoms with E-state index in [1.54, 1.807) is 14.2 Å². The van der Waals surface area contributed by atoms with Crippen molar-refractivity contribution >= 4 is 11.6 Å². The number of aromatic nitrogens is 2. The van der Waals surface area contributed by atoms with E-state index < -0.39 is 0 Å². The van der Waals surface area contributed by atoms with E-state index >= 15 is 0 Å². The summed E-state index contributed by atoms with van der Waals surface area (Å²) >= 11 is 0. The summed E-state index contributed by atoms with van der Waals surface area (Å²) in [5.74, 6) is 2.20. The number of anilines is 2. The SMILES string of the molecule is COc1cccc(Nc2ncc3c(n2)-c2cc(OC)ccc2CC3)c1. The Morgan fingerprint density at radius 1 is 0.920 bits per heavy atom. The van der Waals surface area contributed by atoms with Crippen LogP contribution in [0.5, 0.6) is 11.5 Å². The molecule has 126 valence electrons. The smallest absolute Gasteiger partial charge is 0.227 e. The molecule has 1 N–H and O–H groups in total. The van der Waals surface area contributed by atoms with Gasteiger partial charge in [-0.15, -0.1) is 0 Å². The van der Waals surface area contributed by atoms with Gasteiger partial charge in [0.25, 0.3) is 0 Å². The molecule has 5 heteroatoms. The van der Waals surface area contributed by atoms with Crippen LogP contribution in [0.25, 0.3) is 11.3 Å². The van der Waals surface area contributed by atoms with Gasteiger partial charge in [-0.2, -0.15) is 0 Å². The third-order valence-corrected chi connectivity index (χ3v) is 4.43. The highest BCUT2D eigenvalue weighted by molar-refractivity contribution is 5.72. The Bertz CT molecular complexity index is 925. The molecule has 2 aromatic carbocycles. The molecule has 0 atom stereocenters. The number of hydrogen-bond donors (Lipinski definition) is 1. The van der Waals surface area contributed by atoms with Crippen LogP contribution in [0.2, 0.25) is 0 Å². The first-order chi connectivity index (χ1) is 12.3. The fraction of sp³-hybridized carbons (Fsp3) is 0.200. The van der Waals surface area contributed by atoms with Gasteiger partial charge in [0, 0.05) is 23.5 Å². The average Bonchev–Trinajstić information content (AvgIpc) is 2.67. The number of nitrogens with one attached hydrogen (secondary N) is 1. The minimum absolute atomic E-state index is 0.572. The lowest BCUT2D eigenvalue weighted by molar-refractivity contribution is 0.414. The van der Waals surface area contributed by atoms with Crippen molar-refractivity contribution in [1.29, 1.82) is 0 Å². The van der Waals surface area contributed by atoms with E-state index in [9.17, 15) is 0 Å². The Labute approximate surface area is 146 Å². The lowest BCUT2D eigenvalue weighted by Crippen LogP contribution is -2.09. The Hall–Kier alpha value is -3.08. The molecule has 0 bridgehead atoms. The van der Waals surface area contributed by atoms with Gasteiger partial charge >= 0.3 is 0 Å². The Morgan fingerprint density at radius 3 is 2.56 bits per heavy atom. The fourth-order valence-corrected chi connectivity index (χ4v) is 3.10. The van der Waals surface area contributed by atoms with Crippen LogP contribution in [-0.4, -0.2) is 24.2 Å². The van der Waals surface area contributed by atoms with Crippen LogP contribution in [0.4, 0.5) is 11.6 Å². The normalized spacial score (nSPS) is 12.1. The van der Waals surface area contributed by atoms with E-state index in [1.165, 1.54) is 5.56 Å². The molecule has 0 radical (unpaired) electrons. The van der Waals surface area contributed by atoms with Crippen LogP contribution in [0.3, 0.4) is 0 Å². The number of ether oxygens (including phenoxy) is 2. The molecule has 0 saturated heterocycles. The van der Waals surface area contributed by atoms with Crippen molar-refractivity contribution in [3.05, 3.63) is 59.8 Å². The zero-order valence-electron chi connectivity index (χ0n) is 14.2. The molecular weight excluding hydrogens is 314 g/mol. The highest BCUT2D eigenvalue weighted by Crippen LogP contribution is 2.35. The number of methoxy groups -OCH3 is 2. The molecule has 4 rings (SSSR count). The standard InChI is InChI=1S/C20H19N3O2/c1-24-16-5-3-4-15(10-16)22-20-21-12-14-7-6-13-8-9-17(25-2)11-18(13)19(14)23-20/h3-5,8-12H,6-7H2,1-2H3,(H,21,22,23). The molecule has 0 fully saturated rings. The zero-order valence-corrected chi connectivity index (χ0v) is 14.2. The molecule has 0 aliphatic heterocycles. The van der Waals surface area contributed by atoms with E-state index in [-0.39, 0.29) is 0 Å². The third kappa shape index (κ3) is 3.01. The Morgan fingerprint density at radius 2 is 1.72 bits per heavy atom. The molecule has 0 saturated carbocycles. The van der Waals surface area contributed by atoms with Crippen LogP contribution in [0.15, 0.2) is 48.7 Å². The van der Waals surface area contributed by atoms with Crippen molar-refractivity contribution in [3.8, 4) is 22.8 Å². The largest absolute Gasteiger partial charge is 0.497 e. The van der Waals surface area contributed by atoms with Crippen molar-refractivity contribution in [2.24, 2.45) is 0 Å². The van der Waals surface area contributed by atoms with Gasteiger partial charge in [-0.05, 0) is 48.2 Å². The second kappa shape index (κ2) is 6.43.